The first-order chi connectivity index (χ1) is 18.7. The fraction of sp³-hybridized carbons (Fsp3) is 0.367. The maximum absolute atomic E-state index is 13.7. The van der Waals surface area contributed by atoms with Gasteiger partial charge in [0.1, 0.15) is 18.9 Å². The van der Waals surface area contributed by atoms with Crippen molar-refractivity contribution in [1.29, 1.82) is 0 Å². The van der Waals surface area contributed by atoms with Crippen LogP contribution in [0.1, 0.15) is 37.6 Å². The maximum atomic E-state index is 13.7. The molecule has 208 valence electrons. The zero-order valence-electron chi connectivity index (χ0n) is 22.8. The highest BCUT2D eigenvalue weighted by molar-refractivity contribution is 5.86. The quantitative estimate of drug-likeness (QED) is 0.328. The number of carbonyl (C=O) groups is 3. The molecule has 1 heterocycles. The van der Waals surface area contributed by atoms with E-state index in [0.29, 0.717) is 26.2 Å². The molecule has 0 fully saturated rings. The van der Waals surface area contributed by atoms with E-state index in [1.807, 2.05) is 67.1 Å². The van der Waals surface area contributed by atoms with Gasteiger partial charge in [-0.2, -0.15) is 0 Å². The summed E-state index contributed by atoms with van der Waals surface area (Å²) in [4.78, 5) is 41.5. The first-order valence-corrected chi connectivity index (χ1v) is 13.1. The fourth-order valence-electron chi connectivity index (χ4n) is 4.16. The van der Waals surface area contributed by atoms with Crippen LogP contribution in [0.2, 0.25) is 0 Å². The number of hydrogen-bond acceptors (Lipinski definition) is 4. The number of carbonyl (C=O) groups excluding carboxylic acids is 3. The number of rotatable bonds is 13. The molecule has 0 aliphatic rings. The molecular formula is C30H37FN4O4. The molecule has 0 unspecified atom stereocenters. The minimum Gasteiger partial charge on any atom is -0.465 e. The lowest BCUT2D eigenvalue weighted by molar-refractivity contribution is -0.141. The number of halogens is 1. The lowest BCUT2D eigenvalue weighted by Crippen LogP contribution is -2.48. The van der Waals surface area contributed by atoms with Crippen LogP contribution in [0.3, 0.4) is 0 Å². The molecule has 0 aliphatic carbocycles. The third-order valence-corrected chi connectivity index (χ3v) is 6.00. The Labute approximate surface area is 229 Å². The molecule has 0 saturated heterocycles. The molecule has 0 spiro atoms. The molecule has 3 rings (SSSR count). The summed E-state index contributed by atoms with van der Waals surface area (Å²) in [6, 6.07) is 19.4. The largest absolute Gasteiger partial charge is 0.465 e. The number of nitrogens with one attached hydrogen (secondary N) is 1. The van der Waals surface area contributed by atoms with Crippen molar-refractivity contribution < 1.29 is 23.5 Å². The van der Waals surface area contributed by atoms with Gasteiger partial charge in [0.15, 0.2) is 0 Å². The monoisotopic (exact) mass is 536 g/mol. The van der Waals surface area contributed by atoms with E-state index in [-0.39, 0.29) is 37.3 Å². The summed E-state index contributed by atoms with van der Waals surface area (Å²) in [5.74, 6) is -0.931. The number of urea groups is 1. The van der Waals surface area contributed by atoms with Gasteiger partial charge in [0.05, 0.1) is 13.2 Å². The molecule has 39 heavy (non-hydrogen) atoms. The van der Waals surface area contributed by atoms with Crippen molar-refractivity contribution >= 4 is 17.9 Å². The van der Waals surface area contributed by atoms with Crippen LogP contribution in [0.4, 0.5) is 9.18 Å². The number of ether oxygens (including phenoxy) is 1. The molecule has 8 nitrogen and oxygen atoms in total. The summed E-state index contributed by atoms with van der Waals surface area (Å²) in [6.07, 6.45) is 1.93. The van der Waals surface area contributed by atoms with Crippen molar-refractivity contribution in [1.82, 2.24) is 19.7 Å². The summed E-state index contributed by atoms with van der Waals surface area (Å²) in [5, 5.41) is 2.56. The second kappa shape index (κ2) is 14.7. The zero-order chi connectivity index (χ0) is 28.2. The van der Waals surface area contributed by atoms with Crippen LogP contribution in [0, 0.1) is 11.7 Å². The number of amides is 3. The molecule has 9 heteroatoms. The van der Waals surface area contributed by atoms with Crippen molar-refractivity contribution in [3.63, 3.8) is 0 Å². The lowest BCUT2D eigenvalue weighted by atomic mass is 10.2. The summed E-state index contributed by atoms with van der Waals surface area (Å²) in [6.45, 7) is 7.00. The van der Waals surface area contributed by atoms with Gasteiger partial charge in [-0.25, -0.2) is 9.18 Å². The number of nitrogens with zero attached hydrogens (tertiary/aromatic N) is 3. The molecule has 1 aromatic heterocycles. The highest BCUT2D eigenvalue weighted by Gasteiger charge is 2.24. The van der Waals surface area contributed by atoms with Gasteiger partial charge in [0.2, 0.25) is 5.91 Å². The first kappa shape index (κ1) is 29.4. The van der Waals surface area contributed by atoms with Crippen molar-refractivity contribution in [2.45, 2.75) is 40.4 Å². The van der Waals surface area contributed by atoms with E-state index in [1.165, 1.54) is 17.0 Å². The van der Waals surface area contributed by atoms with Gasteiger partial charge in [0, 0.05) is 31.5 Å². The highest BCUT2D eigenvalue weighted by Crippen LogP contribution is 2.15. The van der Waals surface area contributed by atoms with Crippen LogP contribution in [-0.2, 0) is 34.0 Å². The second-order valence-electron chi connectivity index (χ2n) is 9.73. The van der Waals surface area contributed by atoms with Gasteiger partial charge >= 0.3 is 12.0 Å². The predicted octanol–water partition coefficient (Wildman–Crippen LogP) is 4.44. The van der Waals surface area contributed by atoms with Crippen LogP contribution in [0.15, 0.2) is 72.9 Å². The van der Waals surface area contributed by atoms with Crippen LogP contribution < -0.4 is 5.32 Å². The molecule has 0 aliphatic heterocycles. The molecule has 0 radical (unpaired) electrons. The summed E-state index contributed by atoms with van der Waals surface area (Å²) < 4.78 is 20.3. The molecule has 2 aromatic carbocycles. The van der Waals surface area contributed by atoms with Crippen LogP contribution in [0.5, 0.6) is 0 Å². The molecule has 0 saturated carbocycles. The minimum absolute atomic E-state index is 0.113. The predicted molar refractivity (Wildman–Crippen MR) is 147 cm³/mol. The van der Waals surface area contributed by atoms with Gasteiger partial charge in [-0.05, 0) is 48.2 Å². The third kappa shape index (κ3) is 9.59. The number of hydrogen-bond donors (Lipinski definition) is 1. The molecular weight excluding hydrogens is 499 g/mol. The Bertz CT molecular complexity index is 1210. The van der Waals surface area contributed by atoms with Gasteiger partial charge in [-0.3, -0.25) is 9.59 Å². The van der Waals surface area contributed by atoms with Gasteiger partial charge in [-0.15, -0.1) is 0 Å². The third-order valence-electron chi connectivity index (χ3n) is 6.00. The van der Waals surface area contributed by atoms with Crippen LogP contribution >= 0.6 is 0 Å². The van der Waals surface area contributed by atoms with Crippen LogP contribution in [0.25, 0.3) is 0 Å². The minimum atomic E-state index is -0.533. The smallest absolute Gasteiger partial charge is 0.325 e. The average molecular weight is 537 g/mol. The van der Waals surface area contributed by atoms with Gasteiger partial charge < -0.3 is 24.4 Å². The second-order valence-corrected chi connectivity index (χ2v) is 9.73. The van der Waals surface area contributed by atoms with E-state index in [1.54, 1.807) is 24.0 Å². The van der Waals surface area contributed by atoms with E-state index in [4.69, 9.17) is 4.74 Å². The Morgan fingerprint density at radius 3 is 2.31 bits per heavy atom. The first-order valence-electron chi connectivity index (χ1n) is 13.1. The Balaban J connectivity index is 1.78. The zero-order valence-corrected chi connectivity index (χ0v) is 22.8. The van der Waals surface area contributed by atoms with E-state index in [0.717, 1.165) is 16.8 Å². The van der Waals surface area contributed by atoms with Crippen molar-refractivity contribution in [3.8, 4) is 0 Å². The number of esters is 1. The van der Waals surface area contributed by atoms with Gasteiger partial charge in [0.25, 0.3) is 0 Å². The highest BCUT2D eigenvalue weighted by atomic mass is 19.1. The molecule has 3 amide bonds. The summed E-state index contributed by atoms with van der Waals surface area (Å²) in [7, 11) is 0. The SMILES string of the molecule is CCOC(=O)CNC(=O)N(CC(=O)N(Cc1ccccc1)Cc1cccn1Cc1ccc(F)cc1)CC(C)C. The van der Waals surface area contributed by atoms with Gasteiger partial charge in [-0.1, -0.05) is 56.3 Å². The average Bonchev–Trinajstić information content (AvgIpc) is 3.34. The van der Waals surface area contributed by atoms with Crippen LogP contribution in [-0.4, -0.2) is 58.5 Å². The molecule has 3 aromatic rings. The van der Waals surface area contributed by atoms with E-state index in [2.05, 4.69) is 5.32 Å². The van der Waals surface area contributed by atoms with E-state index in [9.17, 15) is 18.8 Å². The molecule has 0 bridgehead atoms. The Hall–Kier alpha value is -4.14. The lowest BCUT2D eigenvalue weighted by Gasteiger charge is -2.29. The standard InChI is InChI=1S/C30H37FN4O4/c1-4-39-29(37)17-32-30(38)35(18-23(2)3)22-28(36)34(20-24-9-6-5-7-10-24)21-27-11-8-16-33(27)19-25-12-14-26(31)15-13-25/h5-16,23H,4,17-22H2,1-3H3,(H,32,38). The Kier molecular flexibility index (Phi) is 11.1. The summed E-state index contributed by atoms with van der Waals surface area (Å²) >= 11 is 0. The Morgan fingerprint density at radius 2 is 1.64 bits per heavy atom. The number of benzene rings is 2. The molecule has 1 N–H and O–H groups in total. The summed E-state index contributed by atoms with van der Waals surface area (Å²) in [5.41, 5.74) is 2.81. The fourth-order valence-corrected chi connectivity index (χ4v) is 4.16. The van der Waals surface area contributed by atoms with E-state index < -0.39 is 12.0 Å². The van der Waals surface area contributed by atoms with Crippen molar-refractivity contribution in [2.75, 3.05) is 26.2 Å². The maximum Gasteiger partial charge on any atom is 0.325 e. The van der Waals surface area contributed by atoms with E-state index >= 15 is 0 Å². The van der Waals surface area contributed by atoms with Crippen molar-refractivity contribution in [3.05, 3.63) is 95.6 Å². The topological polar surface area (TPSA) is 83.9 Å². The Morgan fingerprint density at radius 1 is 0.923 bits per heavy atom. The molecule has 0 atom stereocenters. The van der Waals surface area contributed by atoms with Crippen molar-refractivity contribution in [2.24, 2.45) is 5.92 Å². The number of aromatic nitrogens is 1. The normalized spacial score (nSPS) is 10.8.